The maximum Gasteiger partial charge on any atom is 0.335 e. The van der Waals surface area contributed by atoms with E-state index in [0.29, 0.717) is 19.3 Å². The molecule has 1 aliphatic rings. The number of esters is 3. The summed E-state index contributed by atoms with van der Waals surface area (Å²) < 4.78 is 28.4. The zero-order chi connectivity index (χ0) is 57.5. The second kappa shape index (κ2) is 54.2. The van der Waals surface area contributed by atoms with Gasteiger partial charge in [0, 0.05) is 19.3 Å². The highest BCUT2D eigenvalue weighted by molar-refractivity contribution is 5.74. The van der Waals surface area contributed by atoms with E-state index in [1.54, 1.807) is 0 Å². The molecular weight excluding hydrogens is 997 g/mol. The summed E-state index contributed by atoms with van der Waals surface area (Å²) in [5.41, 5.74) is 0. The Morgan fingerprint density at radius 2 is 0.797 bits per heavy atom. The van der Waals surface area contributed by atoms with Crippen molar-refractivity contribution in [1.29, 1.82) is 0 Å². The number of aliphatic hydroxyl groups excluding tert-OH is 2. The first-order valence-corrected chi connectivity index (χ1v) is 31.2. The van der Waals surface area contributed by atoms with E-state index in [4.69, 9.17) is 23.7 Å². The highest BCUT2D eigenvalue weighted by atomic mass is 16.7. The van der Waals surface area contributed by atoms with Crippen molar-refractivity contribution in [3.8, 4) is 0 Å². The standard InChI is InChI=1S/C67H110O12/c1-4-7-10-13-16-19-22-25-28-29-30-31-34-35-38-41-44-47-50-53-59(68)75-56-58(77-60(69)54-51-48-45-42-39-36-32-26-23-20-17-14-11-8-5-2)57-76-67-65(63(72)62(71)64(79-67)66(73)74)78-61(70)55-52-49-46-43-40-37-33-27-24-21-18-15-12-9-6-3/h8-9,11-12,17-18,20-21,25-28,32-33,39,42,58,62-65,67,71-72H,4-7,10,13-16,19,22-24,29-31,34-38,40-41,43-57H2,1-3H3,(H,73,74)/b11-8-,12-9-,20-17-,21-18-,28-25-,32-26-,33-27-,42-39-. The van der Waals surface area contributed by atoms with Crippen LogP contribution in [0.5, 0.6) is 0 Å². The second-order valence-electron chi connectivity index (χ2n) is 20.9. The molecule has 0 saturated carbocycles. The first-order chi connectivity index (χ1) is 38.6. The minimum Gasteiger partial charge on any atom is -0.479 e. The summed E-state index contributed by atoms with van der Waals surface area (Å²) in [6, 6.07) is 0. The number of carbonyl (C=O) groups is 4. The number of aliphatic hydroxyl groups is 2. The Morgan fingerprint density at radius 3 is 1.25 bits per heavy atom. The maximum atomic E-state index is 13.2. The van der Waals surface area contributed by atoms with Gasteiger partial charge in [-0.05, 0) is 116 Å². The fourth-order valence-electron chi connectivity index (χ4n) is 8.90. The van der Waals surface area contributed by atoms with Gasteiger partial charge in [0.05, 0.1) is 6.61 Å². The fourth-order valence-corrected chi connectivity index (χ4v) is 8.90. The summed E-state index contributed by atoms with van der Waals surface area (Å²) in [6.45, 7) is 5.73. The molecule has 3 N–H and O–H groups in total. The maximum absolute atomic E-state index is 13.2. The van der Waals surface area contributed by atoms with Crippen molar-refractivity contribution in [3.05, 3.63) is 97.2 Å². The van der Waals surface area contributed by atoms with E-state index in [2.05, 4.69) is 118 Å². The molecule has 1 heterocycles. The van der Waals surface area contributed by atoms with Crippen LogP contribution in [0.3, 0.4) is 0 Å². The SMILES string of the molecule is CC/C=C\C/C=C\C/C=C\C/C=C\CCCCC(=O)OC(COC(=O)CCCCCCCCCCC/C=C\CCCCCCCC)COC1OC(C(=O)O)C(O)C(O)C1OC(=O)CCCCCCC/C=C\C/C=C\C/C=C\CC. The van der Waals surface area contributed by atoms with Gasteiger partial charge in [-0.15, -0.1) is 0 Å². The van der Waals surface area contributed by atoms with E-state index in [9.17, 15) is 34.5 Å². The predicted octanol–water partition coefficient (Wildman–Crippen LogP) is 16.5. The molecule has 0 aromatic rings. The van der Waals surface area contributed by atoms with Gasteiger partial charge in [-0.2, -0.15) is 0 Å². The highest BCUT2D eigenvalue weighted by Crippen LogP contribution is 2.26. The van der Waals surface area contributed by atoms with E-state index in [1.807, 2.05) is 0 Å². The molecule has 12 nitrogen and oxygen atoms in total. The number of unbranched alkanes of at least 4 members (excludes halogenated alkanes) is 22. The van der Waals surface area contributed by atoms with Gasteiger partial charge >= 0.3 is 23.9 Å². The van der Waals surface area contributed by atoms with Crippen molar-refractivity contribution in [3.63, 3.8) is 0 Å². The second-order valence-corrected chi connectivity index (χ2v) is 20.9. The lowest BCUT2D eigenvalue weighted by molar-refractivity contribution is -0.301. The van der Waals surface area contributed by atoms with Crippen molar-refractivity contribution >= 4 is 23.9 Å². The van der Waals surface area contributed by atoms with E-state index in [-0.39, 0.29) is 25.9 Å². The number of aliphatic carboxylic acids is 1. The van der Waals surface area contributed by atoms with Crippen LogP contribution >= 0.6 is 0 Å². The Hall–Kier alpha value is -4.36. The Balaban J connectivity index is 2.70. The van der Waals surface area contributed by atoms with Crippen molar-refractivity contribution in [2.75, 3.05) is 13.2 Å². The minimum absolute atomic E-state index is 0.0320. The number of ether oxygens (including phenoxy) is 5. The molecule has 0 aromatic heterocycles. The topological polar surface area (TPSA) is 175 Å². The molecule has 1 rings (SSSR count). The molecule has 79 heavy (non-hydrogen) atoms. The summed E-state index contributed by atoms with van der Waals surface area (Å²) in [6.07, 6.45) is 59.5. The first-order valence-electron chi connectivity index (χ1n) is 31.2. The van der Waals surface area contributed by atoms with Gasteiger partial charge in [0.1, 0.15) is 18.8 Å². The molecule has 0 amide bonds. The third kappa shape index (κ3) is 44.0. The van der Waals surface area contributed by atoms with Gasteiger partial charge in [0.25, 0.3) is 0 Å². The van der Waals surface area contributed by atoms with Gasteiger partial charge < -0.3 is 39.0 Å². The Morgan fingerprint density at radius 1 is 0.430 bits per heavy atom. The van der Waals surface area contributed by atoms with E-state index < -0.39 is 67.3 Å². The van der Waals surface area contributed by atoms with Gasteiger partial charge in [-0.25, -0.2) is 4.79 Å². The average Bonchev–Trinajstić information content (AvgIpc) is 3.46. The molecule has 0 aromatic carbocycles. The van der Waals surface area contributed by atoms with Gasteiger partial charge in [0.2, 0.25) is 0 Å². The Labute approximate surface area is 479 Å². The molecule has 450 valence electrons. The third-order valence-corrected chi connectivity index (χ3v) is 13.6. The quantitative estimate of drug-likeness (QED) is 0.0228. The van der Waals surface area contributed by atoms with Gasteiger partial charge in [-0.1, -0.05) is 214 Å². The number of rotatable bonds is 52. The number of allylic oxidation sites excluding steroid dienone is 16. The van der Waals surface area contributed by atoms with Crippen molar-refractivity contribution in [1.82, 2.24) is 0 Å². The number of carboxylic acids is 1. The minimum atomic E-state index is -1.92. The Bertz CT molecular complexity index is 1740. The molecule has 1 fully saturated rings. The number of carbonyl (C=O) groups excluding carboxylic acids is 3. The molecule has 12 heteroatoms. The molecule has 0 radical (unpaired) electrons. The lowest BCUT2D eigenvalue weighted by Gasteiger charge is -2.40. The van der Waals surface area contributed by atoms with Crippen molar-refractivity contribution in [2.45, 2.75) is 289 Å². The normalized spacial score (nSPS) is 18.5. The van der Waals surface area contributed by atoms with Crippen LogP contribution in [0.2, 0.25) is 0 Å². The van der Waals surface area contributed by atoms with E-state index in [1.165, 1.54) is 83.5 Å². The average molecular weight is 1110 g/mol. The highest BCUT2D eigenvalue weighted by Gasteiger charge is 2.50. The van der Waals surface area contributed by atoms with E-state index >= 15 is 0 Å². The smallest absolute Gasteiger partial charge is 0.335 e. The Kier molecular flexibility index (Phi) is 49.9. The van der Waals surface area contributed by atoms with Crippen LogP contribution in [0.4, 0.5) is 0 Å². The van der Waals surface area contributed by atoms with Crippen LogP contribution in [0, 0.1) is 0 Å². The van der Waals surface area contributed by atoms with Crippen LogP contribution < -0.4 is 0 Å². The van der Waals surface area contributed by atoms with Crippen LogP contribution in [-0.2, 0) is 42.9 Å². The molecule has 0 bridgehead atoms. The summed E-state index contributed by atoms with van der Waals surface area (Å²) in [5.74, 6) is -3.20. The summed E-state index contributed by atoms with van der Waals surface area (Å²) in [5, 5.41) is 31.5. The lowest BCUT2D eigenvalue weighted by atomic mass is 9.98. The first kappa shape index (κ1) is 72.7. The van der Waals surface area contributed by atoms with Crippen molar-refractivity contribution < 1.29 is 58.2 Å². The number of hydrogen-bond donors (Lipinski definition) is 3. The number of hydrogen-bond acceptors (Lipinski definition) is 11. The summed E-state index contributed by atoms with van der Waals surface area (Å²) >= 11 is 0. The molecule has 6 atom stereocenters. The van der Waals surface area contributed by atoms with Gasteiger partial charge in [-0.3, -0.25) is 14.4 Å². The molecule has 0 spiro atoms. The summed E-state index contributed by atoms with van der Waals surface area (Å²) in [4.78, 5) is 51.2. The van der Waals surface area contributed by atoms with E-state index in [0.717, 1.165) is 109 Å². The molecule has 1 saturated heterocycles. The zero-order valence-corrected chi connectivity index (χ0v) is 49.6. The molecule has 6 unspecified atom stereocenters. The number of carboxylic acid groups (broad SMARTS) is 1. The zero-order valence-electron chi connectivity index (χ0n) is 49.6. The lowest BCUT2D eigenvalue weighted by Crippen LogP contribution is -2.61. The largest absolute Gasteiger partial charge is 0.479 e. The van der Waals surface area contributed by atoms with Crippen LogP contribution in [0.25, 0.3) is 0 Å². The monoisotopic (exact) mass is 1110 g/mol. The van der Waals surface area contributed by atoms with Crippen LogP contribution in [0.1, 0.15) is 252 Å². The third-order valence-electron chi connectivity index (χ3n) is 13.6. The van der Waals surface area contributed by atoms with Crippen LogP contribution in [-0.4, -0.2) is 89.2 Å². The molecule has 0 aliphatic carbocycles. The summed E-state index contributed by atoms with van der Waals surface area (Å²) in [7, 11) is 0. The fraction of sp³-hybridized carbons (Fsp3) is 0.701. The molecule has 1 aliphatic heterocycles. The van der Waals surface area contributed by atoms with Crippen molar-refractivity contribution in [2.24, 2.45) is 0 Å². The van der Waals surface area contributed by atoms with Gasteiger partial charge in [0.15, 0.2) is 24.6 Å². The predicted molar refractivity (Wildman–Crippen MR) is 321 cm³/mol. The van der Waals surface area contributed by atoms with Crippen LogP contribution in [0.15, 0.2) is 97.2 Å². The molecular formula is C67H110O12.